The number of unbranched alkanes of at least 4 members (excludes halogenated alkanes) is 1. The first-order valence-electron chi connectivity index (χ1n) is 11.4. The number of hydrogen-bond donors (Lipinski definition) is 1. The van der Waals surface area contributed by atoms with E-state index in [1.807, 2.05) is 48.7 Å². The van der Waals surface area contributed by atoms with Crippen LogP contribution in [-0.4, -0.2) is 49.1 Å². The molecule has 2 heterocycles. The van der Waals surface area contributed by atoms with Crippen LogP contribution in [0.3, 0.4) is 0 Å². The van der Waals surface area contributed by atoms with E-state index >= 15 is 0 Å². The van der Waals surface area contributed by atoms with Gasteiger partial charge in [0.25, 0.3) is 5.91 Å². The highest BCUT2D eigenvalue weighted by atomic mass is 35.5. The van der Waals surface area contributed by atoms with Crippen LogP contribution in [0.2, 0.25) is 5.02 Å². The number of amides is 1. The number of para-hydroxylation sites is 1. The molecule has 0 unspecified atom stereocenters. The maximum absolute atomic E-state index is 13.0. The Bertz CT molecular complexity index is 1320. The first kappa shape index (κ1) is 25.9. The Morgan fingerprint density at radius 2 is 2.03 bits per heavy atom. The van der Waals surface area contributed by atoms with Crippen molar-refractivity contribution >= 4 is 57.9 Å². The van der Waals surface area contributed by atoms with Crippen LogP contribution in [-0.2, 0) is 9.59 Å². The van der Waals surface area contributed by atoms with Gasteiger partial charge in [-0.25, -0.2) is 4.68 Å². The SMILES string of the molecule is CCCCOc1ccc(-c2nn(-c3ccccc3)cc2/C=C2\SC(=S)N(CCC(=O)O)C2=O)cc1Cl. The maximum atomic E-state index is 13.0. The van der Waals surface area contributed by atoms with Crippen molar-refractivity contribution in [3.63, 3.8) is 0 Å². The van der Waals surface area contributed by atoms with E-state index in [1.165, 1.54) is 4.90 Å². The molecule has 0 radical (unpaired) electrons. The molecular formula is C26H24ClN3O4S2. The minimum atomic E-state index is -0.988. The van der Waals surface area contributed by atoms with Crippen molar-refractivity contribution in [2.75, 3.05) is 13.2 Å². The van der Waals surface area contributed by atoms with Gasteiger partial charge in [-0.2, -0.15) is 5.10 Å². The zero-order chi connectivity index (χ0) is 25.7. The topological polar surface area (TPSA) is 84.7 Å². The first-order chi connectivity index (χ1) is 17.4. The minimum absolute atomic E-state index is 0.0303. The van der Waals surface area contributed by atoms with Gasteiger partial charge in [0.1, 0.15) is 15.8 Å². The molecule has 0 saturated carbocycles. The molecule has 7 nitrogen and oxygen atoms in total. The second-order valence-corrected chi connectivity index (χ2v) is 10.1. The van der Waals surface area contributed by atoms with Crippen LogP contribution in [0.15, 0.2) is 59.6 Å². The number of rotatable bonds is 10. The van der Waals surface area contributed by atoms with Crippen LogP contribution >= 0.6 is 35.6 Å². The Morgan fingerprint density at radius 1 is 1.25 bits per heavy atom. The largest absolute Gasteiger partial charge is 0.492 e. The summed E-state index contributed by atoms with van der Waals surface area (Å²) in [6, 6.07) is 15.1. The van der Waals surface area contributed by atoms with E-state index in [0.29, 0.717) is 37.9 Å². The van der Waals surface area contributed by atoms with Crippen LogP contribution in [0, 0.1) is 0 Å². The fourth-order valence-electron chi connectivity index (χ4n) is 3.56. The van der Waals surface area contributed by atoms with Crippen molar-refractivity contribution in [3.8, 4) is 22.7 Å². The molecule has 3 aromatic rings. The second-order valence-electron chi connectivity index (χ2n) is 8.04. The molecule has 4 rings (SSSR count). The Labute approximate surface area is 223 Å². The predicted octanol–water partition coefficient (Wildman–Crippen LogP) is 6.05. The number of carbonyl (C=O) groups is 2. The fraction of sp³-hybridized carbons (Fsp3) is 0.231. The third kappa shape index (κ3) is 5.98. The van der Waals surface area contributed by atoms with Crippen molar-refractivity contribution in [1.82, 2.24) is 14.7 Å². The van der Waals surface area contributed by atoms with Gasteiger partial charge in [-0.15, -0.1) is 0 Å². The summed E-state index contributed by atoms with van der Waals surface area (Å²) in [6.45, 7) is 2.72. The van der Waals surface area contributed by atoms with E-state index in [9.17, 15) is 9.59 Å². The number of thiocarbonyl (C=S) groups is 1. The van der Waals surface area contributed by atoms with E-state index in [1.54, 1.807) is 16.8 Å². The summed E-state index contributed by atoms with van der Waals surface area (Å²) in [7, 11) is 0. The first-order valence-corrected chi connectivity index (χ1v) is 13.0. The van der Waals surface area contributed by atoms with Gasteiger partial charge in [-0.3, -0.25) is 14.5 Å². The highest BCUT2D eigenvalue weighted by molar-refractivity contribution is 8.26. The lowest BCUT2D eigenvalue weighted by molar-refractivity contribution is -0.137. The highest BCUT2D eigenvalue weighted by Crippen LogP contribution is 2.36. The molecule has 1 aromatic heterocycles. The molecule has 1 fully saturated rings. The molecule has 1 aliphatic rings. The number of aliphatic carboxylic acids is 1. The van der Waals surface area contributed by atoms with Crippen LogP contribution in [0.4, 0.5) is 0 Å². The third-order valence-electron chi connectivity index (χ3n) is 5.43. The zero-order valence-electron chi connectivity index (χ0n) is 19.5. The number of benzene rings is 2. The van der Waals surface area contributed by atoms with Crippen molar-refractivity contribution in [3.05, 3.63) is 70.2 Å². The average molecular weight is 542 g/mol. The lowest BCUT2D eigenvalue weighted by Crippen LogP contribution is -2.30. The average Bonchev–Trinajstić information content (AvgIpc) is 3.40. The Balaban J connectivity index is 1.71. The Morgan fingerprint density at radius 3 is 2.72 bits per heavy atom. The molecule has 1 amide bonds. The molecule has 0 atom stereocenters. The summed E-state index contributed by atoms with van der Waals surface area (Å²) in [6.07, 6.45) is 5.37. The van der Waals surface area contributed by atoms with Gasteiger partial charge in [0.15, 0.2) is 0 Å². The Kier molecular flexibility index (Phi) is 8.45. The fourth-order valence-corrected chi connectivity index (χ4v) is 5.10. The van der Waals surface area contributed by atoms with Crippen molar-refractivity contribution in [2.45, 2.75) is 26.2 Å². The second kappa shape index (κ2) is 11.7. The standard InChI is InChI=1S/C26H24ClN3O4S2/c1-2-3-13-34-21-10-9-17(14-20(21)27)24-18(16-30(28-24)19-7-5-4-6-8-19)15-22-25(33)29(26(35)36-22)12-11-23(31)32/h4-10,14-16H,2-3,11-13H2,1H3,(H,31,32)/b22-15-. The Hall–Kier alpha value is -3.14. The number of carbonyl (C=O) groups excluding carboxylic acids is 1. The molecule has 36 heavy (non-hydrogen) atoms. The van der Waals surface area contributed by atoms with Gasteiger partial charge in [-0.1, -0.05) is 67.1 Å². The summed E-state index contributed by atoms with van der Waals surface area (Å²) < 4.78 is 7.86. The number of aromatic nitrogens is 2. The molecule has 0 aliphatic carbocycles. The smallest absolute Gasteiger partial charge is 0.305 e. The zero-order valence-corrected chi connectivity index (χ0v) is 21.9. The van der Waals surface area contributed by atoms with Crippen LogP contribution in [0.5, 0.6) is 5.75 Å². The molecule has 0 bridgehead atoms. The maximum Gasteiger partial charge on any atom is 0.305 e. The molecule has 1 N–H and O–H groups in total. The number of carboxylic acid groups (broad SMARTS) is 1. The van der Waals surface area contributed by atoms with Crippen molar-refractivity contribution in [1.29, 1.82) is 0 Å². The van der Waals surface area contributed by atoms with Gasteiger partial charge >= 0.3 is 5.97 Å². The number of hydrogen-bond acceptors (Lipinski definition) is 6. The van der Waals surface area contributed by atoms with E-state index in [4.69, 9.17) is 38.8 Å². The van der Waals surface area contributed by atoms with Crippen LogP contribution in [0.25, 0.3) is 23.0 Å². The molecule has 10 heteroatoms. The van der Waals surface area contributed by atoms with E-state index in [2.05, 4.69) is 6.92 Å². The predicted molar refractivity (Wildman–Crippen MR) is 147 cm³/mol. The van der Waals surface area contributed by atoms with Crippen molar-refractivity contribution < 1.29 is 19.4 Å². The number of halogens is 1. The molecule has 2 aromatic carbocycles. The number of carboxylic acids is 1. The van der Waals surface area contributed by atoms with E-state index in [0.717, 1.165) is 35.9 Å². The van der Waals surface area contributed by atoms with Gasteiger partial charge in [0.05, 0.1) is 28.6 Å². The molecular weight excluding hydrogens is 518 g/mol. The molecule has 1 saturated heterocycles. The quantitative estimate of drug-likeness (QED) is 0.190. The molecule has 186 valence electrons. The number of nitrogens with zero attached hydrogens (tertiary/aromatic N) is 3. The van der Waals surface area contributed by atoms with Crippen LogP contribution in [0.1, 0.15) is 31.7 Å². The minimum Gasteiger partial charge on any atom is -0.492 e. The van der Waals surface area contributed by atoms with E-state index < -0.39 is 5.97 Å². The van der Waals surface area contributed by atoms with Crippen LogP contribution < -0.4 is 4.74 Å². The summed E-state index contributed by atoms with van der Waals surface area (Å²) in [5.41, 5.74) is 2.97. The lowest BCUT2D eigenvalue weighted by Gasteiger charge is -2.12. The van der Waals surface area contributed by atoms with Gasteiger partial charge < -0.3 is 9.84 Å². The third-order valence-corrected chi connectivity index (χ3v) is 7.11. The normalized spacial score (nSPS) is 14.6. The van der Waals surface area contributed by atoms with Gasteiger partial charge in [0, 0.05) is 23.9 Å². The summed E-state index contributed by atoms with van der Waals surface area (Å²) in [5, 5.41) is 14.3. The van der Waals surface area contributed by atoms with E-state index in [-0.39, 0.29) is 18.9 Å². The van der Waals surface area contributed by atoms with Gasteiger partial charge in [0.2, 0.25) is 0 Å². The monoisotopic (exact) mass is 541 g/mol. The highest BCUT2D eigenvalue weighted by Gasteiger charge is 2.32. The number of thioether (sulfide) groups is 1. The lowest BCUT2D eigenvalue weighted by atomic mass is 10.1. The molecule has 0 spiro atoms. The summed E-state index contributed by atoms with van der Waals surface area (Å²) >= 11 is 13.0. The summed E-state index contributed by atoms with van der Waals surface area (Å²) in [4.78, 5) is 25.7. The number of ether oxygens (including phenoxy) is 1. The van der Waals surface area contributed by atoms with Crippen molar-refractivity contribution in [2.24, 2.45) is 0 Å². The molecule has 1 aliphatic heterocycles. The van der Waals surface area contributed by atoms with Gasteiger partial charge in [-0.05, 0) is 42.8 Å². The summed E-state index contributed by atoms with van der Waals surface area (Å²) in [5.74, 6) is -0.696.